The van der Waals surface area contributed by atoms with Gasteiger partial charge in [0.15, 0.2) is 0 Å². The van der Waals surface area contributed by atoms with Crippen molar-refractivity contribution in [2.75, 3.05) is 22.9 Å². The summed E-state index contributed by atoms with van der Waals surface area (Å²) in [4.78, 5) is 26.1. The molecule has 1 unspecified atom stereocenters. The number of rotatable bonds is 6. The van der Waals surface area contributed by atoms with Gasteiger partial charge in [-0.2, -0.15) is 0 Å². The molecule has 1 amide bonds. The maximum Gasteiger partial charge on any atom is 0.277 e. The summed E-state index contributed by atoms with van der Waals surface area (Å²) in [7, 11) is 0. The molecule has 0 saturated carbocycles. The predicted octanol–water partition coefficient (Wildman–Crippen LogP) is 3.69. The monoisotopic (exact) mass is 338 g/mol. The van der Waals surface area contributed by atoms with Gasteiger partial charge in [0.25, 0.3) is 5.91 Å². The average Bonchev–Trinajstić information content (AvgIpc) is 2.96. The van der Waals surface area contributed by atoms with E-state index in [4.69, 9.17) is 0 Å². The molecule has 5 nitrogen and oxygen atoms in total. The van der Waals surface area contributed by atoms with Crippen LogP contribution in [-0.2, 0) is 6.42 Å². The van der Waals surface area contributed by atoms with E-state index in [1.165, 1.54) is 5.56 Å². The molecule has 3 rings (SSSR count). The molecule has 1 atom stereocenters. The smallest absolute Gasteiger partial charge is 0.277 e. The Bertz CT molecular complexity index is 740. The second-order valence-electron chi connectivity index (χ2n) is 6.59. The van der Waals surface area contributed by atoms with E-state index in [1.807, 2.05) is 23.1 Å². The number of para-hydroxylation sites is 1. The van der Waals surface area contributed by atoms with Crippen molar-refractivity contribution in [3.05, 3.63) is 47.8 Å². The summed E-state index contributed by atoms with van der Waals surface area (Å²) < 4.78 is 0. The number of aromatic nitrogens is 2. The summed E-state index contributed by atoms with van der Waals surface area (Å²) in [6.45, 7) is 8.16. The summed E-state index contributed by atoms with van der Waals surface area (Å²) in [6.07, 6.45) is 4.63. The summed E-state index contributed by atoms with van der Waals surface area (Å²) in [6, 6.07) is 9.97. The van der Waals surface area contributed by atoms with Gasteiger partial charge in [-0.1, -0.05) is 32.0 Å². The Balaban J connectivity index is 1.89. The molecule has 0 aliphatic carbocycles. The van der Waals surface area contributed by atoms with Gasteiger partial charge in [0, 0.05) is 31.0 Å². The normalized spacial score (nSPS) is 16.0. The lowest BCUT2D eigenvalue weighted by molar-refractivity contribution is 0.0976. The van der Waals surface area contributed by atoms with Crippen molar-refractivity contribution < 1.29 is 4.79 Å². The van der Waals surface area contributed by atoms with Crippen molar-refractivity contribution in [2.24, 2.45) is 0 Å². The Morgan fingerprint density at radius 2 is 1.92 bits per heavy atom. The van der Waals surface area contributed by atoms with E-state index < -0.39 is 0 Å². The number of carbonyl (C=O) groups is 1. The third kappa shape index (κ3) is 3.50. The number of benzene rings is 1. The Morgan fingerprint density at radius 1 is 1.20 bits per heavy atom. The largest absolute Gasteiger partial charge is 0.341 e. The van der Waals surface area contributed by atoms with Crippen LogP contribution in [0, 0.1) is 0 Å². The molecule has 1 aromatic heterocycles. The molecule has 1 aromatic carbocycles. The molecule has 0 spiro atoms. The minimum Gasteiger partial charge on any atom is -0.341 e. The van der Waals surface area contributed by atoms with Crippen LogP contribution in [0.25, 0.3) is 0 Å². The van der Waals surface area contributed by atoms with E-state index in [9.17, 15) is 4.79 Å². The number of anilines is 2. The maximum atomic E-state index is 13.1. The summed E-state index contributed by atoms with van der Waals surface area (Å²) >= 11 is 0. The van der Waals surface area contributed by atoms with Crippen molar-refractivity contribution in [1.29, 1.82) is 0 Å². The van der Waals surface area contributed by atoms with Gasteiger partial charge in [-0.3, -0.25) is 4.79 Å². The second-order valence-corrected chi connectivity index (χ2v) is 6.59. The van der Waals surface area contributed by atoms with Gasteiger partial charge in [0.05, 0.1) is 0 Å². The van der Waals surface area contributed by atoms with Crippen LogP contribution in [0.5, 0.6) is 0 Å². The van der Waals surface area contributed by atoms with Crippen LogP contribution < -0.4 is 9.80 Å². The number of amides is 1. The van der Waals surface area contributed by atoms with Crippen LogP contribution in [0.3, 0.4) is 0 Å². The summed E-state index contributed by atoms with van der Waals surface area (Å²) in [5.74, 6) is 0.601. The third-order valence-electron chi connectivity index (χ3n) is 4.56. The zero-order valence-corrected chi connectivity index (χ0v) is 15.3. The number of hydrogen-bond donors (Lipinski definition) is 0. The van der Waals surface area contributed by atoms with Gasteiger partial charge in [-0.15, -0.1) is 0 Å². The predicted molar refractivity (Wildman–Crippen MR) is 101 cm³/mol. The highest BCUT2D eigenvalue weighted by Crippen LogP contribution is 2.32. The van der Waals surface area contributed by atoms with Crippen LogP contribution >= 0.6 is 0 Å². The van der Waals surface area contributed by atoms with Gasteiger partial charge in [-0.25, -0.2) is 9.97 Å². The van der Waals surface area contributed by atoms with E-state index in [2.05, 4.69) is 41.7 Å². The minimum atomic E-state index is -0.0472. The SMILES string of the molecule is CCCN(CCC)c1nccc(C(=O)N2c3ccccc3CC2C)n1. The Morgan fingerprint density at radius 3 is 2.64 bits per heavy atom. The molecule has 1 aliphatic heterocycles. The first kappa shape index (κ1) is 17.4. The molecule has 0 N–H and O–H groups in total. The minimum absolute atomic E-state index is 0.0472. The summed E-state index contributed by atoms with van der Waals surface area (Å²) in [5.41, 5.74) is 2.68. The zero-order valence-electron chi connectivity index (χ0n) is 15.3. The van der Waals surface area contributed by atoms with Crippen molar-refractivity contribution in [1.82, 2.24) is 9.97 Å². The Labute approximate surface area is 149 Å². The maximum absolute atomic E-state index is 13.1. The molecule has 2 aromatic rings. The molecule has 25 heavy (non-hydrogen) atoms. The average molecular weight is 338 g/mol. The number of carbonyl (C=O) groups excluding carboxylic acids is 1. The lowest BCUT2D eigenvalue weighted by Gasteiger charge is -2.24. The molecule has 0 bridgehead atoms. The summed E-state index contributed by atoms with van der Waals surface area (Å²) in [5, 5.41) is 0. The molecule has 0 fully saturated rings. The van der Waals surface area contributed by atoms with Crippen molar-refractivity contribution >= 4 is 17.5 Å². The Hall–Kier alpha value is -2.43. The van der Waals surface area contributed by atoms with Crippen LogP contribution in [0.15, 0.2) is 36.5 Å². The van der Waals surface area contributed by atoms with E-state index in [1.54, 1.807) is 12.3 Å². The number of hydrogen-bond acceptors (Lipinski definition) is 4. The first-order valence-corrected chi connectivity index (χ1v) is 9.15. The lowest BCUT2D eigenvalue weighted by atomic mass is 10.1. The second kappa shape index (κ2) is 7.64. The molecule has 0 radical (unpaired) electrons. The topological polar surface area (TPSA) is 49.3 Å². The standard InChI is InChI=1S/C20H26N4O/c1-4-12-23(13-5-2)20-21-11-10-17(22-20)19(25)24-15(3)14-16-8-6-7-9-18(16)24/h6-11,15H,4-5,12-14H2,1-3H3. The molecule has 1 aliphatic rings. The number of fused-ring (bicyclic) bond motifs is 1. The zero-order chi connectivity index (χ0) is 17.8. The number of nitrogens with zero attached hydrogens (tertiary/aromatic N) is 4. The highest BCUT2D eigenvalue weighted by molar-refractivity contribution is 6.06. The van der Waals surface area contributed by atoms with Crippen LogP contribution in [-0.4, -0.2) is 35.0 Å². The van der Waals surface area contributed by atoms with Gasteiger partial charge < -0.3 is 9.80 Å². The van der Waals surface area contributed by atoms with Gasteiger partial charge in [-0.05, 0) is 43.9 Å². The molecule has 0 saturated heterocycles. The van der Waals surface area contributed by atoms with E-state index >= 15 is 0 Å². The van der Waals surface area contributed by atoms with Gasteiger partial charge >= 0.3 is 0 Å². The fourth-order valence-corrected chi connectivity index (χ4v) is 3.47. The highest BCUT2D eigenvalue weighted by atomic mass is 16.2. The van der Waals surface area contributed by atoms with E-state index in [-0.39, 0.29) is 11.9 Å². The molecular weight excluding hydrogens is 312 g/mol. The van der Waals surface area contributed by atoms with Crippen molar-refractivity contribution in [2.45, 2.75) is 46.1 Å². The van der Waals surface area contributed by atoms with Gasteiger partial charge in [0.1, 0.15) is 5.69 Å². The van der Waals surface area contributed by atoms with Crippen LogP contribution in [0.4, 0.5) is 11.6 Å². The Kier molecular flexibility index (Phi) is 5.31. The van der Waals surface area contributed by atoms with E-state index in [0.29, 0.717) is 11.6 Å². The molecule has 132 valence electrons. The fraction of sp³-hybridized carbons (Fsp3) is 0.450. The van der Waals surface area contributed by atoms with Crippen molar-refractivity contribution in [3.63, 3.8) is 0 Å². The van der Waals surface area contributed by atoms with Crippen molar-refractivity contribution in [3.8, 4) is 0 Å². The third-order valence-corrected chi connectivity index (χ3v) is 4.56. The lowest BCUT2D eigenvalue weighted by Crippen LogP contribution is -2.36. The van der Waals surface area contributed by atoms with Crippen LogP contribution in [0.1, 0.15) is 49.7 Å². The highest BCUT2D eigenvalue weighted by Gasteiger charge is 2.32. The molecular formula is C20H26N4O. The first-order chi connectivity index (χ1) is 12.2. The molecule has 2 heterocycles. The van der Waals surface area contributed by atoms with Crippen LogP contribution in [0.2, 0.25) is 0 Å². The van der Waals surface area contributed by atoms with E-state index in [0.717, 1.165) is 38.0 Å². The fourth-order valence-electron chi connectivity index (χ4n) is 3.47. The molecule has 5 heteroatoms. The quantitative estimate of drug-likeness (QED) is 0.806. The van der Waals surface area contributed by atoms with Gasteiger partial charge in [0.2, 0.25) is 5.95 Å². The first-order valence-electron chi connectivity index (χ1n) is 9.15.